The molecule has 39 heavy (non-hydrogen) atoms. The van der Waals surface area contributed by atoms with Gasteiger partial charge in [0.05, 0.1) is 30.5 Å². The second-order valence-corrected chi connectivity index (χ2v) is 10.2. The fourth-order valence-electron chi connectivity index (χ4n) is 5.39. The van der Waals surface area contributed by atoms with Gasteiger partial charge in [0.15, 0.2) is 5.11 Å². The van der Waals surface area contributed by atoms with Gasteiger partial charge in [-0.3, -0.25) is 4.98 Å². The van der Waals surface area contributed by atoms with Gasteiger partial charge in [0.1, 0.15) is 23.3 Å². The molecule has 0 radical (unpaired) electrons. The van der Waals surface area contributed by atoms with Crippen LogP contribution >= 0.6 is 12.2 Å². The maximum Gasteiger partial charge on any atom is 0.337 e. The molecule has 4 aromatic rings. The molecule has 2 fully saturated rings. The fraction of sp³-hybridized carbons (Fsp3) is 0.258. The molecule has 6 rings (SSSR count). The van der Waals surface area contributed by atoms with E-state index in [1.807, 2.05) is 66.7 Å². The fourth-order valence-corrected chi connectivity index (χ4v) is 5.74. The number of ether oxygens (including phenoxy) is 2. The molecule has 1 N–H and O–H groups in total. The second kappa shape index (κ2) is 10.9. The number of nitrogens with one attached hydrogen (secondary N) is 1. The van der Waals surface area contributed by atoms with Crippen molar-refractivity contribution in [2.45, 2.75) is 43.9 Å². The molecule has 0 amide bonds. The van der Waals surface area contributed by atoms with E-state index >= 15 is 0 Å². The Hall–Kier alpha value is -4.17. The van der Waals surface area contributed by atoms with Crippen molar-refractivity contribution in [3.63, 3.8) is 0 Å². The summed E-state index contributed by atoms with van der Waals surface area (Å²) < 4.78 is 17.5. The Morgan fingerprint density at radius 3 is 2.59 bits per heavy atom. The lowest BCUT2D eigenvalue weighted by Gasteiger charge is -2.26. The monoisotopic (exact) mass is 539 g/mol. The summed E-state index contributed by atoms with van der Waals surface area (Å²) in [6, 6.07) is 24.5. The number of hydrogen-bond acceptors (Lipinski definition) is 6. The smallest absolute Gasteiger partial charge is 0.337 e. The molecule has 8 heteroatoms. The maximum atomic E-state index is 12.1. The van der Waals surface area contributed by atoms with Gasteiger partial charge in [-0.05, 0) is 98.6 Å². The van der Waals surface area contributed by atoms with E-state index in [1.165, 1.54) is 20.0 Å². The molecule has 2 aromatic heterocycles. The van der Waals surface area contributed by atoms with Gasteiger partial charge in [-0.25, -0.2) is 4.79 Å². The highest BCUT2D eigenvalue weighted by Crippen LogP contribution is 2.43. The van der Waals surface area contributed by atoms with Crippen molar-refractivity contribution in [2.24, 2.45) is 0 Å². The van der Waals surface area contributed by atoms with E-state index in [4.69, 9.17) is 26.1 Å². The Bertz CT molecular complexity index is 1460. The van der Waals surface area contributed by atoms with Crippen LogP contribution in [-0.2, 0) is 4.74 Å². The van der Waals surface area contributed by atoms with Crippen LogP contribution in [0, 0.1) is 0 Å². The molecular weight excluding hydrogens is 510 g/mol. The van der Waals surface area contributed by atoms with Crippen LogP contribution in [0.1, 0.15) is 59.6 Å². The van der Waals surface area contributed by atoms with Crippen LogP contribution in [0.4, 0.5) is 5.69 Å². The quantitative estimate of drug-likeness (QED) is 0.207. The number of carbonyl (C=O) groups is 1. The molecule has 1 saturated heterocycles. The summed E-state index contributed by atoms with van der Waals surface area (Å²) in [7, 11) is 1.37. The Morgan fingerprint density at radius 1 is 1.03 bits per heavy atom. The van der Waals surface area contributed by atoms with Gasteiger partial charge in [-0.2, -0.15) is 0 Å². The number of pyridine rings is 1. The Morgan fingerprint density at radius 2 is 1.85 bits per heavy atom. The van der Waals surface area contributed by atoms with E-state index in [9.17, 15) is 4.79 Å². The summed E-state index contributed by atoms with van der Waals surface area (Å²) in [5.41, 5.74) is 3.04. The van der Waals surface area contributed by atoms with E-state index in [0.717, 1.165) is 41.3 Å². The van der Waals surface area contributed by atoms with Crippen molar-refractivity contribution in [1.82, 2.24) is 10.3 Å². The van der Waals surface area contributed by atoms with Crippen molar-refractivity contribution in [3.8, 4) is 17.1 Å². The number of furan rings is 1. The van der Waals surface area contributed by atoms with Crippen LogP contribution in [0.2, 0.25) is 0 Å². The predicted molar refractivity (Wildman–Crippen MR) is 153 cm³/mol. The molecule has 1 aliphatic heterocycles. The zero-order valence-corrected chi connectivity index (χ0v) is 22.4. The Labute approximate surface area is 232 Å². The number of esters is 1. The summed E-state index contributed by atoms with van der Waals surface area (Å²) in [4.78, 5) is 18.8. The predicted octanol–water partition coefficient (Wildman–Crippen LogP) is 6.63. The minimum absolute atomic E-state index is 0.228. The summed E-state index contributed by atoms with van der Waals surface area (Å²) in [6.45, 7) is 0. The molecule has 198 valence electrons. The van der Waals surface area contributed by atoms with Crippen LogP contribution in [0.25, 0.3) is 11.3 Å². The Balaban J connectivity index is 1.34. The molecule has 0 bridgehead atoms. The van der Waals surface area contributed by atoms with E-state index in [2.05, 4.69) is 15.2 Å². The average molecular weight is 540 g/mol. The van der Waals surface area contributed by atoms with E-state index in [0.29, 0.717) is 22.5 Å². The van der Waals surface area contributed by atoms with E-state index in [1.54, 1.807) is 18.3 Å². The van der Waals surface area contributed by atoms with Gasteiger partial charge in [0.25, 0.3) is 0 Å². The van der Waals surface area contributed by atoms with Crippen LogP contribution in [0.5, 0.6) is 5.75 Å². The SMILES string of the molecule is COC(=O)c1cccc(-c2ccc([C@@H]3[C@H](c4ccccn4)NC(=S)N3c3ccc(OC4CCCC4)cc3)o2)c1. The van der Waals surface area contributed by atoms with Gasteiger partial charge in [-0.1, -0.05) is 18.2 Å². The van der Waals surface area contributed by atoms with Crippen LogP contribution in [0.3, 0.4) is 0 Å². The molecule has 7 nitrogen and oxygen atoms in total. The number of benzene rings is 2. The number of thiocarbonyl (C=S) groups is 1. The molecule has 1 saturated carbocycles. The molecular formula is C31H29N3O4S. The van der Waals surface area contributed by atoms with Crippen LogP contribution in [-0.4, -0.2) is 29.3 Å². The molecule has 0 unspecified atom stereocenters. The average Bonchev–Trinajstić information content (AvgIpc) is 3.74. The lowest BCUT2D eigenvalue weighted by Crippen LogP contribution is -2.29. The molecule has 3 heterocycles. The van der Waals surface area contributed by atoms with Crippen molar-refractivity contribution in [3.05, 3.63) is 102 Å². The van der Waals surface area contributed by atoms with Crippen molar-refractivity contribution in [1.29, 1.82) is 0 Å². The van der Waals surface area contributed by atoms with Gasteiger partial charge in [-0.15, -0.1) is 0 Å². The first-order chi connectivity index (χ1) is 19.1. The highest BCUT2D eigenvalue weighted by Gasteiger charge is 2.42. The van der Waals surface area contributed by atoms with Gasteiger partial charge < -0.3 is 24.1 Å². The third-order valence-electron chi connectivity index (χ3n) is 7.30. The topological polar surface area (TPSA) is 76.8 Å². The first kappa shape index (κ1) is 25.1. The Kier molecular flexibility index (Phi) is 7.02. The van der Waals surface area contributed by atoms with Crippen molar-refractivity contribution >= 4 is 29.0 Å². The molecule has 2 atom stereocenters. The van der Waals surface area contributed by atoms with Gasteiger partial charge in [0.2, 0.25) is 0 Å². The van der Waals surface area contributed by atoms with Crippen molar-refractivity contribution < 1.29 is 18.7 Å². The molecule has 1 aliphatic carbocycles. The number of methoxy groups -OCH3 is 1. The van der Waals surface area contributed by atoms with Crippen LogP contribution in [0.15, 0.2) is 89.5 Å². The first-order valence-electron chi connectivity index (χ1n) is 13.2. The number of hydrogen-bond donors (Lipinski definition) is 1. The van der Waals surface area contributed by atoms with Crippen molar-refractivity contribution in [2.75, 3.05) is 12.0 Å². The number of anilines is 1. The first-order valence-corrected chi connectivity index (χ1v) is 13.6. The number of aromatic nitrogens is 1. The number of carbonyl (C=O) groups excluding carboxylic acids is 1. The van der Waals surface area contributed by atoms with Crippen LogP contribution < -0.4 is 15.0 Å². The summed E-state index contributed by atoms with van der Waals surface area (Å²) in [5.74, 6) is 1.85. The number of rotatable bonds is 7. The summed E-state index contributed by atoms with van der Waals surface area (Å²) in [5, 5.41) is 4.05. The minimum atomic E-state index is -0.393. The highest BCUT2D eigenvalue weighted by atomic mass is 32.1. The normalized spacial score (nSPS) is 19.2. The number of nitrogens with zero attached hydrogens (tertiary/aromatic N) is 2. The van der Waals surface area contributed by atoms with E-state index < -0.39 is 5.97 Å². The summed E-state index contributed by atoms with van der Waals surface area (Å²) >= 11 is 5.85. The van der Waals surface area contributed by atoms with Gasteiger partial charge >= 0.3 is 5.97 Å². The minimum Gasteiger partial charge on any atom is -0.490 e. The second-order valence-electron chi connectivity index (χ2n) is 9.79. The third-order valence-corrected chi connectivity index (χ3v) is 7.62. The third kappa shape index (κ3) is 5.12. The molecule has 0 spiro atoms. The highest BCUT2D eigenvalue weighted by molar-refractivity contribution is 7.80. The molecule has 2 aromatic carbocycles. The standard InChI is InChI=1S/C31H29N3O4S/c1-36-30(35)21-8-6-7-20(19-21)26-16-17-27(38-26)29-28(25-11-4-5-18-32-25)33-31(39)34(29)22-12-14-24(15-13-22)37-23-9-2-3-10-23/h4-8,11-19,23,28-29H,2-3,9-10H2,1H3,(H,33,39)/t28-,29+/m0/s1. The largest absolute Gasteiger partial charge is 0.490 e. The molecule has 2 aliphatic rings. The zero-order chi connectivity index (χ0) is 26.8. The lowest BCUT2D eigenvalue weighted by molar-refractivity contribution is 0.0600. The zero-order valence-electron chi connectivity index (χ0n) is 21.6. The lowest BCUT2D eigenvalue weighted by atomic mass is 10.0. The maximum absolute atomic E-state index is 12.1. The van der Waals surface area contributed by atoms with E-state index in [-0.39, 0.29) is 12.1 Å². The summed E-state index contributed by atoms with van der Waals surface area (Å²) in [6.07, 6.45) is 6.75. The van der Waals surface area contributed by atoms with Gasteiger partial charge in [0, 0.05) is 17.4 Å².